The second kappa shape index (κ2) is 15.6. The number of aliphatic hydroxyl groups is 1. The van der Waals surface area contributed by atoms with Crippen molar-refractivity contribution in [2.45, 2.75) is 69.7 Å². The number of rotatable bonds is 12. The lowest BCUT2D eigenvalue weighted by molar-refractivity contribution is -0.141. The van der Waals surface area contributed by atoms with Gasteiger partial charge in [-0.2, -0.15) is 0 Å². The Morgan fingerprint density at radius 2 is 1.51 bits per heavy atom. The van der Waals surface area contributed by atoms with Crippen LogP contribution in [0.4, 0.5) is 0 Å². The molecule has 4 atom stereocenters. The summed E-state index contributed by atoms with van der Waals surface area (Å²) in [6.45, 7) is 7.54. The van der Waals surface area contributed by atoms with Gasteiger partial charge < -0.3 is 25.1 Å². The Hall–Kier alpha value is -4.79. The number of halogens is 1. The zero-order chi connectivity index (χ0) is 37.0. The van der Waals surface area contributed by atoms with Crippen LogP contribution in [0.5, 0.6) is 0 Å². The van der Waals surface area contributed by atoms with Gasteiger partial charge in [0.1, 0.15) is 17.6 Å². The lowest BCUT2D eigenvalue weighted by atomic mass is 9.97. The Bertz CT molecular complexity index is 1980. The molecule has 3 aromatic carbocycles. The molecule has 1 fully saturated rings. The van der Waals surface area contributed by atoms with Crippen molar-refractivity contribution in [3.63, 3.8) is 0 Å². The monoisotopic (exact) mass is 737 g/mol. The van der Waals surface area contributed by atoms with E-state index in [1.807, 2.05) is 18.6 Å². The van der Waals surface area contributed by atoms with Gasteiger partial charge in [-0.25, -0.2) is 18.1 Å². The molecular weight excluding hydrogens is 698 g/mol. The van der Waals surface area contributed by atoms with Crippen LogP contribution in [0.15, 0.2) is 82.1 Å². The van der Waals surface area contributed by atoms with Gasteiger partial charge in [0.05, 0.1) is 10.9 Å². The standard InChI is InChI=1S/C36H40ClN5O8S/c1-20(2)29(31(43)35-38-26-8-5-6-10-28(26)50-35)39-34(46)27-9-7-19-42(27)36(47)30(21(3)4)40-32(44)22-11-13-23(14-12-22)33(45)41-51(48,49)25-17-15-24(37)16-18-25/h5-6,8,10-18,20-21,27,29-31,43H,7,9,19H2,1-4H3,(H,39,46)(H,40,44)(H,41,45)/t27-,29-,30-,31?/m0/s1. The number of nitrogens with zero attached hydrogens (tertiary/aromatic N) is 2. The average Bonchev–Trinajstić information content (AvgIpc) is 3.77. The molecule has 0 radical (unpaired) electrons. The van der Waals surface area contributed by atoms with Gasteiger partial charge in [-0.3, -0.25) is 19.2 Å². The van der Waals surface area contributed by atoms with Crippen molar-refractivity contribution in [1.29, 1.82) is 0 Å². The van der Waals surface area contributed by atoms with Crippen LogP contribution in [0.2, 0.25) is 5.02 Å². The number of hydrogen-bond acceptors (Lipinski definition) is 9. The Morgan fingerprint density at radius 1 is 0.882 bits per heavy atom. The number of aromatic nitrogens is 1. The van der Waals surface area contributed by atoms with Gasteiger partial charge in [0, 0.05) is 22.7 Å². The van der Waals surface area contributed by atoms with Crippen LogP contribution >= 0.6 is 11.6 Å². The lowest BCUT2D eigenvalue weighted by Crippen LogP contribution is -2.56. The van der Waals surface area contributed by atoms with Gasteiger partial charge in [-0.15, -0.1) is 0 Å². The normalized spacial score (nSPS) is 16.5. The highest BCUT2D eigenvalue weighted by atomic mass is 35.5. The van der Waals surface area contributed by atoms with Crippen molar-refractivity contribution in [3.05, 3.63) is 94.8 Å². The summed E-state index contributed by atoms with van der Waals surface area (Å²) < 4.78 is 33.0. The first-order chi connectivity index (χ1) is 24.2. The molecular formula is C36H40ClN5O8S. The maximum Gasteiger partial charge on any atom is 0.264 e. The van der Waals surface area contributed by atoms with E-state index in [-0.39, 0.29) is 33.7 Å². The minimum atomic E-state index is -4.17. The van der Waals surface area contributed by atoms with Crippen LogP contribution in [0.3, 0.4) is 0 Å². The van der Waals surface area contributed by atoms with E-state index in [1.165, 1.54) is 53.4 Å². The summed E-state index contributed by atoms with van der Waals surface area (Å²) in [5.41, 5.74) is 1.22. The van der Waals surface area contributed by atoms with Gasteiger partial charge >= 0.3 is 0 Å². The second-order valence-electron chi connectivity index (χ2n) is 13.1. The second-order valence-corrected chi connectivity index (χ2v) is 15.2. The molecule has 1 aromatic heterocycles. The number of benzene rings is 3. The van der Waals surface area contributed by atoms with E-state index in [0.29, 0.717) is 35.5 Å². The SMILES string of the molecule is CC(C)[C@H](NC(=O)[C@@H]1CCCN1C(=O)[C@@H](NC(=O)c1ccc(C(=O)NS(=O)(=O)c2ccc(Cl)cc2)cc1)C(C)C)C(O)c1nc2ccccc2o1. The minimum Gasteiger partial charge on any atom is -0.438 e. The first-order valence-electron chi connectivity index (χ1n) is 16.5. The fraction of sp³-hybridized carbons (Fsp3) is 0.361. The number of carbonyl (C=O) groups is 4. The third kappa shape index (κ3) is 8.58. The first-order valence-corrected chi connectivity index (χ1v) is 18.4. The number of aliphatic hydroxyl groups excluding tert-OH is 1. The third-order valence-electron chi connectivity index (χ3n) is 8.75. The summed E-state index contributed by atoms with van der Waals surface area (Å²) in [7, 11) is -4.17. The van der Waals surface area contributed by atoms with E-state index < -0.39 is 57.9 Å². The van der Waals surface area contributed by atoms with E-state index in [2.05, 4.69) is 15.6 Å². The van der Waals surface area contributed by atoms with E-state index >= 15 is 0 Å². The van der Waals surface area contributed by atoms with Crippen molar-refractivity contribution in [1.82, 2.24) is 25.2 Å². The molecule has 270 valence electrons. The van der Waals surface area contributed by atoms with Gasteiger partial charge in [0.15, 0.2) is 11.7 Å². The fourth-order valence-corrected chi connectivity index (χ4v) is 6.99. The molecule has 13 nitrogen and oxygen atoms in total. The van der Waals surface area contributed by atoms with Crippen LogP contribution in [-0.2, 0) is 19.6 Å². The highest BCUT2D eigenvalue weighted by molar-refractivity contribution is 7.90. The minimum absolute atomic E-state index is 0.00702. The summed E-state index contributed by atoms with van der Waals surface area (Å²) >= 11 is 5.82. The number of sulfonamides is 1. The summed E-state index contributed by atoms with van der Waals surface area (Å²) in [5.74, 6) is -2.84. The Labute approximate surface area is 300 Å². The van der Waals surface area contributed by atoms with Crippen LogP contribution in [0, 0.1) is 11.8 Å². The molecule has 4 N–H and O–H groups in total. The Morgan fingerprint density at radius 3 is 2.12 bits per heavy atom. The number of carbonyl (C=O) groups excluding carboxylic acids is 4. The van der Waals surface area contributed by atoms with Crippen molar-refractivity contribution >= 4 is 56.4 Å². The number of nitrogens with one attached hydrogen (secondary N) is 3. The highest BCUT2D eigenvalue weighted by Crippen LogP contribution is 2.27. The number of fused-ring (bicyclic) bond motifs is 1. The van der Waals surface area contributed by atoms with Crippen LogP contribution in [0.1, 0.15) is 73.2 Å². The highest BCUT2D eigenvalue weighted by Gasteiger charge is 2.40. The van der Waals surface area contributed by atoms with Crippen LogP contribution in [-0.4, -0.2) is 71.7 Å². The number of amides is 4. The maximum atomic E-state index is 13.9. The molecule has 1 unspecified atom stereocenters. The van der Waals surface area contributed by atoms with Gasteiger partial charge in [-0.05, 0) is 85.3 Å². The zero-order valence-electron chi connectivity index (χ0n) is 28.5. The summed E-state index contributed by atoms with van der Waals surface area (Å²) in [6, 6.07) is 15.1. The number of oxazole rings is 1. The molecule has 1 saturated heterocycles. The molecule has 15 heteroatoms. The quantitative estimate of drug-likeness (QED) is 0.165. The molecule has 0 aliphatic carbocycles. The molecule has 4 amide bonds. The molecule has 0 bridgehead atoms. The number of likely N-dealkylation sites (tertiary alicyclic amines) is 1. The van der Waals surface area contributed by atoms with Crippen molar-refractivity contribution in [3.8, 4) is 0 Å². The lowest BCUT2D eigenvalue weighted by Gasteiger charge is -2.32. The molecule has 51 heavy (non-hydrogen) atoms. The summed E-state index contributed by atoms with van der Waals surface area (Å²) in [4.78, 5) is 59.2. The predicted molar refractivity (Wildman–Crippen MR) is 189 cm³/mol. The average molecular weight is 738 g/mol. The molecule has 4 aromatic rings. The van der Waals surface area contributed by atoms with E-state index in [0.717, 1.165) is 0 Å². The summed E-state index contributed by atoms with van der Waals surface area (Å²) in [5, 5.41) is 17.2. The number of para-hydroxylation sites is 2. The molecule has 2 heterocycles. The third-order valence-corrected chi connectivity index (χ3v) is 10.3. The molecule has 1 aliphatic rings. The Balaban J connectivity index is 1.23. The van der Waals surface area contributed by atoms with Crippen molar-refractivity contribution in [2.75, 3.05) is 6.54 Å². The fourth-order valence-electron chi connectivity index (χ4n) is 5.89. The van der Waals surface area contributed by atoms with Crippen LogP contribution in [0.25, 0.3) is 11.1 Å². The van der Waals surface area contributed by atoms with E-state index in [1.54, 1.807) is 38.1 Å². The van der Waals surface area contributed by atoms with Crippen LogP contribution < -0.4 is 15.4 Å². The molecule has 5 rings (SSSR count). The first kappa shape index (κ1) is 37.5. The largest absolute Gasteiger partial charge is 0.438 e. The van der Waals surface area contributed by atoms with Gasteiger partial charge in [0.25, 0.3) is 21.8 Å². The van der Waals surface area contributed by atoms with Gasteiger partial charge in [-0.1, -0.05) is 51.4 Å². The Kier molecular flexibility index (Phi) is 11.5. The number of hydrogen-bond donors (Lipinski definition) is 4. The van der Waals surface area contributed by atoms with E-state index in [9.17, 15) is 32.7 Å². The maximum absolute atomic E-state index is 13.9. The van der Waals surface area contributed by atoms with Crippen molar-refractivity contribution in [2.24, 2.45) is 11.8 Å². The molecule has 1 aliphatic heterocycles. The topological polar surface area (TPSA) is 188 Å². The predicted octanol–water partition coefficient (Wildman–Crippen LogP) is 4.22. The van der Waals surface area contributed by atoms with Crippen molar-refractivity contribution < 1.29 is 37.1 Å². The van der Waals surface area contributed by atoms with Gasteiger partial charge in [0.2, 0.25) is 17.7 Å². The molecule has 0 spiro atoms. The van der Waals surface area contributed by atoms with E-state index in [4.69, 9.17) is 16.0 Å². The molecule has 0 saturated carbocycles. The smallest absolute Gasteiger partial charge is 0.264 e. The zero-order valence-corrected chi connectivity index (χ0v) is 30.1. The summed E-state index contributed by atoms with van der Waals surface area (Å²) in [6.07, 6.45) is -0.267.